The van der Waals surface area contributed by atoms with E-state index in [4.69, 9.17) is 5.73 Å². The van der Waals surface area contributed by atoms with E-state index in [1.165, 1.54) is 0 Å². The molecule has 0 fully saturated rings. The van der Waals surface area contributed by atoms with Gasteiger partial charge in [0, 0.05) is 6.42 Å². The van der Waals surface area contributed by atoms with Crippen LogP contribution in [0.15, 0.2) is 30.3 Å². The molecule has 0 aliphatic rings. The van der Waals surface area contributed by atoms with Crippen molar-refractivity contribution in [2.24, 2.45) is 11.7 Å². The van der Waals surface area contributed by atoms with Crippen LogP contribution in [0.3, 0.4) is 0 Å². The lowest BCUT2D eigenvalue weighted by Gasteiger charge is -2.22. The molecular weight excluding hydrogens is 326 g/mol. The Kier molecular flexibility index (Phi) is 8.03. The van der Waals surface area contributed by atoms with Crippen LogP contribution in [0.4, 0.5) is 0 Å². The first-order chi connectivity index (χ1) is 11.8. The van der Waals surface area contributed by atoms with Crippen molar-refractivity contribution in [1.29, 1.82) is 0 Å². The summed E-state index contributed by atoms with van der Waals surface area (Å²) < 4.78 is 0. The first kappa shape index (κ1) is 20.6. The lowest BCUT2D eigenvalue weighted by Crippen LogP contribution is -2.56. The normalized spacial score (nSPS) is 14.4. The van der Waals surface area contributed by atoms with Gasteiger partial charge in [0.05, 0.1) is 12.6 Å². The number of aliphatic hydroxyl groups is 1. The van der Waals surface area contributed by atoms with Crippen LogP contribution in [0, 0.1) is 5.92 Å². The Morgan fingerprint density at radius 1 is 1.04 bits per heavy atom. The fourth-order valence-corrected chi connectivity index (χ4v) is 2.09. The Bertz CT molecular complexity index is 591. The number of nitrogens with two attached hydrogens (primary N) is 1. The van der Waals surface area contributed by atoms with Crippen molar-refractivity contribution >= 4 is 17.8 Å². The molecule has 0 saturated heterocycles. The first-order valence-electron chi connectivity index (χ1n) is 8.00. The Labute approximate surface area is 146 Å². The number of aliphatic carboxylic acids is 1. The zero-order chi connectivity index (χ0) is 19.0. The molecule has 25 heavy (non-hydrogen) atoms. The van der Waals surface area contributed by atoms with Crippen LogP contribution in [0.25, 0.3) is 0 Å². The number of hydrogen-bond donors (Lipinski definition) is 5. The zero-order valence-electron chi connectivity index (χ0n) is 14.3. The molecule has 2 amide bonds. The van der Waals surface area contributed by atoms with E-state index < -0.39 is 42.5 Å². The molecule has 6 N–H and O–H groups in total. The molecule has 3 atom stereocenters. The number of aliphatic hydroxyl groups excluding tert-OH is 1. The number of rotatable bonds is 9. The minimum absolute atomic E-state index is 0.0829. The summed E-state index contributed by atoms with van der Waals surface area (Å²) in [6.07, 6.45) is 0.0829. The SMILES string of the molecule is CC(C)[C@H](N)C(=O)N[C@@H](CO)C(=O)N[C@@H](Cc1ccccc1)C(=O)O. The highest BCUT2D eigenvalue weighted by Gasteiger charge is 2.28. The van der Waals surface area contributed by atoms with E-state index in [0.29, 0.717) is 0 Å². The Morgan fingerprint density at radius 3 is 2.08 bits per heavy atom. The molecule has 0 radical (unpaired) electrons. The van der Waals surface area contributed by atoms with Gasteiger partial charge in [0.15, 0.2) is 0 Å². The average Bonchev–Trinajstić information content (AvgIpc) is 2.58. The van der Waals surface area contributed by atoms with Crippen molar-refractivity contribution in [3.63, 3.8) is 0 Å². The van der Waals surface area contributed by atoms with Gasteiger partial charge in [0.2, 0.25) is 11.8 Å². The molecule has 138 valence electrons. The number of benzene rings is 1. The van der Waals surface area contributed by atoms with Gasteiger partial charge in [-0.1, -0.05) is 44.2 Å². The number of carboxylic acids is 1. The van der Waals surface area contributed by atoms with E-state index in [-0.39, 0.29) is 12.3 Å². The molecule has 8 nitrogen and oxygen atoms in total. The van der Waals surface area contributed by atoms with E-state index in [1.807, 2.05) is 0 Å². The minimum Gasteiger partial charge on any atom is -0.480 e. The minimum atomic E-state index is -1.27. The maximum absolute atomic E-state index is 12.2. The Balaban J connectivity index is 2.73. The molecule has 1 aromatic carbocycles. The van der Waals surface area contributed by atoms with Crippen LogP contribution in [-0.2, 0) is 20.8 Å². The van der Waals surface area contributed by atoms with Crippen molar-refractivity contribution in [3.8, 4) is 0 Å². The maximum atomic E-state index is 12.2. The summed E-state index contributed by atoms with van der Waals surface area (Å²) >= 11 is 0. The van der Waals surface area contributed by atoms with Gasteiger partial charge < -0.3 is 26.6 Å². The number of amides is 2. The summed E-state index contributed by atoms with van der Waals surface area (Å²) in [5.74, 6) is -2.72. The smallest absolute Gasteiger partial charge is 0.326 e. The van der Waals surface area contributed by atoms with Crippen LogP contribution >= 0.6 is 0 Å². The first-order valence-corrected chi connectivity index (χ1v) is 8.00. The van der Waals surface area contributed by atoms with E-state index in [2.05, 4.69) is 10.6 Å². The van der Waals surface area contributed by atoms with Crippen LogP contribution in [0.2, 0.25) is 0 Å². The molecule has 0 spiro atoms. The van der Waals surface area contributed by atoms with Crippen molar-refractivity contribution in [2.45, 2.75) is 38.4 Å². The monoisotopic (exact) mass is 351 g/mol. The quantitative estimate of drug-likeness (QED) is 0.397. The lowest BCUT2D eigenvalue weighted by molar-refractivity contribution is -0.142. The molecule has 0 unspecified atom stereocenters. The molecule has 0 heterocycles. The highest BCUT2D eigenvalue weighted by molar-refractivity contribution is 5.92. The second kappa shape index (κ2) is 9.75. The zero-order valence-corrected chi connectivity index (χ0v) is 14.3. The molecule has 0 saturated carbocycles. The van der Waals surface area contributed by atoms with Gasteiger partial charge in [-0.25, -0.2) is 4.79 Å². The Hall–Kier alpha value is -2.45. The summed E-state index contributed by atoms with van der Waals surface area (Å²) in [6, 6.07) is 5.54. The second-order valence-corrected chi connectivity index (χ2v) is 6.10. The third-order valence-corrected chi connectivity index (χ3v) is 3.73. The van der Waals surface area contributed by atoms with E-state index in [0.717, 1.165) is 5.56 Å². The predicted octanol–water partition coefficient (Wildman–Crippen LogP) is -0.741. The molecule has 0 aliphatic carbocycles. The molecule has 0 aliphatic heterocycles. The lowest BCUT2D eigenvalue weighted by atomic mass is 10.0. The molecule has 1 rings (SSSR count). The van der Waals surface area contributed by atoms with Crippen molar-refractivity contribution < 1.29 is 24.6 Å². The maximum Gasteiger partial charge on any atom is 0.326 e. The summed E-state index contributed by atoms with van der Waals surface area (Å²) in [6.45, 7) is 2.83. The topological polar surface area (TPSA) is 142 Å². The summed E-state index contributed by atoms with van der Waals surface area (Å²) in [5.41, 5.74) is 6.43. The van der Waals surface area contributed by atoms with Crippen LogP contribution in [-0.4, -0.2) is 52.7 Å². The number of carboxylic acid groups (broad SMARTS) is 1. The van der Waals surface area contributed by atoms with Crippen molar-refractivity contribution in [1.82, 2.24) is 10.6 Å². The second-order valence-electron chi connectivity index (χ2n) is 6.10. The molecule has 0 aromatic heterocycles. The van der Waals surface area contributed by atoms with Crippen LogP contribution < -0.4 is 16.4 Å². The summed E-state index contributed by atoms with van der Waals surface area (Å²) in [4.78, 5) is 35.5. The standard InChI is InChI=1S/C17H25N3O5/c1-10(2)14(18)16(23)20-13(9-21)15(22)19-12(17(24)25)8-11-6-4-3-5-7-11/h3-7,10,12-14,21H,8-9,18H2,1-2H3,(H,19,22)(H,20,23)(H,24,25)/t12-,13-,14-/m0/s1. The van der Waals surface area contributed by atoms with E-state index in [9.17, 15) is 24.6 Å². The van der Waals surface area contributed by atoms with Gasteiger partial charge in [0.25, 0.3) is 0 Å². The predicted molar refractivity (Wildman–Crippen MR) is 91.5 cm³/mol. The Morgan fingerprint density at radius 2 is 1.60 bits per heavy atom. The van der Waals surface area contributed by atoms with Gasteiger partial charge in [-0.2, -0.15) is 0 Å². The van der Waals surface area contributed by atoms with Gasteiger partial charge in [-0.15, -0.1) is 0 Å². The van der Waals surface area contributed by atoms with E-state index >= 15 is 0 Å². The number of nitrogens with one attached hydrogen (secondary N) is 2. The third kappa shape index (κ3) is 6.52. The highest BCUT2D eigenvalue weighted by Crippen LogP contribution is 2.04. The molecular formula is C17H25N3O5. The van der Waals surface area contributed by atoms with Gasteiger partial charge >= 0.3 is 5.97 Å². The number of carbonyl (C=O) groups is 3. The molecule has 8 heteroatoms. The van der Waals surface area contributed by atoms with Gasteiger partial charge in [-0.05, 0) is 11.5 Å². The summed E-state index contributed by atoms with van der Waals surface area (Å²) in [5, 5.41) is 23.3. The van der Waals surface area contributed by atoms with Gasteiger partial charge in [0.1, 0.15) is 12.1 Å². The van der Waals surface area contributed by atoms with Gasteiger partial charge in [-0.3, -0.25) is 9.59 Å². The summed E-state index contributed by atoms with van der Waals surface area (Å²) in [7, 11) is 0. The van der Waals surface area contributed by atoms with Crippen LogP contribution in [0.1, 0.15) is 19.4 Å². The number of carbonyl (C=O) groups excluding carboxylic acids is 2. The largest absolute Gasteiger partial charge is 0.480 e. The van der Waals surface area contributed by atoms with Crippen molar-refractivity contribution in [3.05, 3.63) is 35.9 Å². The number of hydrogen-bond acceptors (Lipinski definition) is 5. The van der Waals surface area contributed by atoms with Crippen LogP contribution in [0.5, 0.6) is 0 Å². The highest BCUT2D eigenvalue weighted by atomic mass is 16.4. The van der Waals surface area contributed by atoms with Crippen molar-refractivity contribution in [2.75, 3.05) is 6.61 Å². The average molecular weight is 351 g/mol. The fraction of sp³-hybridized carbons (Fsp3) is 0.471. The van der Waals surface area contributed by atoms with E-state index in [1.54, 1.807) is 44.2 Å². The molecule has 1 aromatic rings. The molecule has 0 bridgehead atoms. The third-order valence-electron chi connectivity index (χ3n) is 3.73. The fourth-order valence-electron chi connectivity index (χ4n) is 2.09.